The van der Waals surface area contributed by atoms with Gasteiger partial charge in [0.25, 0.3) is 0 Å². The normalized spacial score (nSPS) is 20.8. The van der Waals surface area contributed by atoms with E-state index in [0.29, 0.717) is 17.8 Å². The van der Waals surface area contributed by atoms with E-state index in [0.717, 1.165) is 19.3 Å². The average Bonchev–Trinajstić information content (AvgIpc) is 2.97. The largest absolute Gasteiger partial charge is 0.330 e. The molecule has 2 rings (SSSR count). The number of amides is 1. The highest BCUT2D eigenvalue weighted by molar-refractivity contribution is 7.89. The molecule has 1 fully saturated rings. The molecular weight excluding hydrogens is 338 g/mol. The van der Waals surface area contributed by atoms with Crippen LogP contribution in [-0.4, -0.2) is 27.9 Å². The van der Waals surface area contributed by atoms with Gasteiger partial charge >= 0.3 is 0 Å². The molecule has 1 aliphatic rings. The number of hydrogen-bond acceptors (Lipinski definition) is 4. The first-order valence-electron chi connectivity index (χ1n) is 7.44. The number of carbonyl (C=O) groups is 1. The first-order valence-corrected chi connectivity index (χ1v) is 8.92. The van der Waals surface area contributed by atoms with Gasteiger partial charge in [0.1, 0.15) is 0 Å². The molecule has 1 amide bonds. The second-order valence-electron chi connectivity index (χ2n) is 5.71. The number of halogens is 1. The van der Waals surface area contributed by atoms with Gasteiger partial charge in [-0.05, 0) is 57.0 Å². The van der Waals surface area contributed by atoms with Gasteiger partial charge in [-0.1, -0.05) is 12.5 Å². The van der Waals surface area contributed by atoms with Gasteiger partial charge in [-0.15, -0.1) is 12.4 Å². The number of hydrogen-bond donors (Lipinski definition) is 3. The monoisotopic (exact) mass is 361 g/mol. The van der Waals surface area contributed by atoms with Crippen LogP contribution in [0.15, 0.2) is 23.1 Å². The van der Waals surface area contributed by atoms with Gasteiger partial charge in [0, 0.05) is 11.6 Å². The van der Waals surface area contributed by atoms with E-state index in [9.17, 15) is 13.2 Å². The van der Waals surface area contributed by atoms with Crippen LogP contribution in [-0.2, 0) is 14.8 Å². The van der Waals surface area contributed by atoms with E-state index in [1.807, 2.05) is 0 Å². The molecule has 4 N–H and O–H groups in total. The summed E-state index contributed by atoms with van der Waals surface area (Å²) in [6, 6.07) is 4.90. The third-order valence-electron chi connectivity index (χ3n) is 4.31. The molecule has 0 spiro atoms. The summed E-state index contributed by atoms with van der Waals surface area (Å²) in [7, 11) is -2.18. The van der Waals surface area contributed by atoms with Crippen molar-refractivity contribution >= 4 is 34.0 Å². The molecule has 0 radical (unpaired) electrons. The zero-order chi connectivity index (χ0) is 16.3. The molecule has 130 valence electrons. The summed E-state index contributed by atoms with van der Waals surface area (Å²) >= 11 is 0. The maximum atomic E-state index is 12.4. The first kappa shape index (κ1) is 19.9. The van der Waals surface area contributed by atoms with Crippen LogP contribution in [0.3, 0.4) is 0 Å². The van der Waals surface area contributed by atoms with Crippen molar-refractivity contribution in [2.45, 2.75) is 31.1 Å². The lowest BCUT2D eigenvalue weighted by Gasteiger charge is -2.18. The van der Waals surface area contributed by atoms with Crippen LogP contribution in [0.1, 0.15) is 24.8 Å². The predicted molar refractivity (Wildman–Crippen MR) is 93.2 cm³/mol. The smallest absolute Gasteiger partial charge is 0.240 e. The Labute approximate surface area is 143 Å². The van der Waals surface area contributed by atoms with E-state index in [1.165, 1.54) is 13.1 Å². The highest BCUT2D eigenvalue weighted by Crippen LogP contribution is 2.32. The topological polar surface area (TPSA) is 101 Å². The summed E-state index contributed by atoms with van der Waals surface area (Å²) < 4.78 is 26.2. The van der Waals surface area contributed by atoms with Crippen molar-refractivity contribution in [3.63, 3.8) is 0 Å². The zero-order valence-electron chi connectivity index (χ0n) is 13.3. The minimum Gasteiger partial charge on any atom is -0.330 e. The van der Waals surface area contributed by atoms with E-state index in [1.54, 1.807) is 19.1 Å². The molecule has 1 aliphatic carbocycles. The van der Waals surface area contributed by atoms with E-state index >= 15 is 0 Å². The van der Waals surface area contributed by atoms with E-state index in [2.05, 4.69) is 10.0 Å². The van der Waals surface area contributed by atoms with Gasteiger partial charge in [-0.2, -0.15) is 0 Å². The van der Waals surface area contributed by atoms with Gasteiger partial charge in [0.05, 0.1) is 4.90 Å². The second kappa shape index (κ2) is 8.10. The maximum absolute atomic E-state index is 12.4. The fraction of sp³-hybridized carbons (Fsp3) is 0.533. The predicted octanol–water partition coefficient (Wildman–Crippen LogP) is 1.64. The Morgan fingerprint density at radius 2 is 2.04 bits per heavy atom. The molecule has 0 heterocycles. The fourth-order valence-corrected chi connectivity index (χ4v) is 3.97. The van der Waals surface area contributed by atoms with Gasteiger partial charge in [-0.25, -0.2) is 13.1 Å². The van der Waals surface area contributed by atoms with Crippen molar-refractivity contribution in [3.8, 4) is 0 Å². The Morgan fingerprint density at radius 3 is 2.65 bits per heavy atom. The first-order chi connectivity index (χ1) is 10.4. The van der Waals surface area contributed by atoms with E-state index in [-0.39, 0.29) is 35.0 Å². The molecule has 2 atom stereocenters. The number of carbonyl (C=O) groups excluding carboxylic acids is 1. The summed E-state index contributed by atoms with van der Waals surface area (Å²) in [5.74, 6) is 0.0474. The summed E-state index contributed by atoms with van der Waals surface area (Å²) in [5.41, 5.74) is 6.83. The van der Waals surface area contributed by atoms with E-state index < -0.39 is 10.0 Å². The lowest BCUT2D eigenvalue weighted by Crippen LogP contribution is -2.29. The molecule has 0 aromatic heterocycles. The summed E-state index contributed by atoms with van der Waals surface area (Å²) in [5, 5.41) is 2.83. The van der Waals surface area contributed by atoms with Crippen molar-refractivity contribution in [2.24, 2.45) is 17.6 Å². The Hall–Kier alpha value is -1.15. The van der Waals surface area contributed by atoms with Crippen LogP contribution in [0, 0.1) is 18.8 Å². The lowest BCUT2D eigenvalue weighted by atomic mass is 9.95. The third kappa shape index (κ3) is 4.44. The van der Waals surface area contributed by atoms with Gasteiger partial charge < -0.3 is 11.1 Å². The van der Waals surface area contributed by atoms with Crippen LogP contribution in [0.25, 0.3) is 0 Å². The standard InChI is InChI=1S/C15H23N3O3S.ClH/c1-10-6-7-12(8-14(10)22(20,21)17-2)18-15(19)13-5-3-4-11(13)9-16;/h6-8,11,13,17H,3-5,9,16H2,1-2H3,(H,18,19);1H/t11-,13-;/m1./s1. The Kier molecular flexibility index (Phi) is 7.01. The highest BCUT2D eigenvalue weighted by atomic mass is 35.5. The average molecular weight is 362 g/mol. The van der Waals surface area contributed by atoms with Gasteiger partial charge in [0.2, 0.25) is 15.9 Å². The molecule has 1 aromatic carbocycles. The highest BCUT2D eigenvalue weighted by Gasteiger charge is 2.32. The number of rotatable bonds is 5. The van der Waals surface area contributed by atoms with Crippen molar-refractivity contribution in [1.82, 2.24) is 4.72 Å². The minimum absolute atomic E-state index is 0. The second-order valence-corrected chi connectivity index (χ2v) is 7.57. The minimum atomic E-state index is -3.54. The van der Waals surface area contributed by atoms with Gasteiger partial charge in [-0.3, -0.25) is 4.79 Å². The Bertz CT molecular complexity index is 664. The SMILES string of the molecule is CNS(=O)(=O)c1cc(NC(=O)[C@@H]2CCC[C@@H]2CN)ccc1C.Cl. The molecule has 1 aromatic rings. The molecule has 8 heteroatoms. The van der Waals surface area contributed by atoms with Crippen molar-refractivity contribution in [2.75, 3.05) is 18.9 Å². The summed E-state index contributed by atoms with van der Waals surface area (Å²) in [4.78, 5) is 12.5. The molecular formula is C15H24ClN3O3S. The fourth-order valence-electron chi connectivity index (χ4n) is 2.98. The number of benzene rings is 1. The van der Waals surface area contributed by atoms with Gasteiger partial charge in [0.15, 0.2) is 0 Å². The van der Waals surface area contributed by atoms with Crippen molar-refractivity contribution < 1.29 is 13.2 Å². The molecule has 23 heavy (non-hydrogen) atoms. The summed E-state index contributed by atoms with van der Waals surface area (Å²) in [6.45, 7) is 2.22. The number of nitrogens with two attached hydrogens (primary N) is 1. The number of nitrogens with one attached hydrogen (secondary N) is 2. The molecule has 0 unspecified atom stereocenters. The number of anilines is 1. The zero-order valence-corrected chi connectivity index (χ0v) is 15.0. The quantitative estimate of drug-likeness (QED) is 0.741. The maximum Gasteiger partial charge on any atom is 0.240 e. The Morgan fingerprint density at radius 1 is 1.35 bits per heavy atom. The van der Waals surface area contributed by atoms with E-state index in [4.69, 9.17) is 5.73 Å². The molecule has 6 nitrogen and oxygen atoms in total. The van der Waals surface area contributed by atoms with Crippen LogP contribution in [0.4, 0.5) is 5.69 Å². The van der Waals surface area contributed by atoms with Crippen LogP contribution >= 0.6 is 12.4 Å². The number of aryl methyl sites for hydroxylation is 1. The lowest BCUT2D eigenvalue weighted by molar-refractivity contribution is -0.120. The molecule has 0 saturated heterocycles. The van der Waals surface area contributed by atoms with Crippen molar-refractivity contribution in [1.29, 1.82) is 0 Å². The molecule has 0 bridgehead atoms. The Balaban J connectivity index is 0.00000264. The number of sulfonamides is 1. The van der Waals surface area contributed by atoms with Crippen LogP contribution in [0.5, 0.6) is 0 Å². The third-order valence-corrected chi connectivity index (χ3v) is 5.87. The van der Waals surface area contributed by atoms with Crippen LogP contribution in [0.2, 0.25) is 0 Å². The van der Waals surface area contributed by atoms with Crippen LogP contribution < -0.4 is 15.8 Å². The van der Waals surface area contributed by atoms with Crippen molar-refractivity contribution in [3.05, 3.63) is 23.8 Å². The molecule has 1 saturated carbocycles. The summed E-state index contributed by atoms with van der Waals surface area (Å²) in [6.07, 6.45) is 2.82. The molecule has 0 aliphatic heterocycles.